The summed E-state index contributed by atoms with van der Waals surface area (Å²) in [5, 5.41) is 3.40. The summed E-state index contributed by atoms with van der Waals surface area (Å²) in [6.07, 6.45) is 8.33. The van der Waals surface area contributed by atoms with Crippen LogP contribution in [0.4, 0.5) is 0 Å². The van der Waals surface area contributed by atoms with Gasteiger partial charge in [-0.1, -0.05) is 18.9 Å². The molecule has 0 unspecified atom stereocenters. The summed E-state index contributed by atoms with van der Waals surface area (Å²) in [5.41, 5.74) is 2.08. The first-order valence-corrected chi connectivity index (χ1v) is 11.8. The summed E-state index contributed by atoms with van der Waals surface area (Å²) in [4.78, 5) is 20.1. The van der Waals surface area contributed by atoms with Crippen LogP contribution in [0, 0.1) is 11.8 Å². The van der Waals surface area contributed by atoms with Crippen LogP contribution in [0.25, 0.3) is 0 Å². The third-order valence-corrected chi connectivity index (χ3v) is 6.93. The fraction of sp³-hybridized carbons (Fsp3) is 0.538. The summed E-state index contributed by atoms with van der Waals surface area (Å²) in [5.74, 6) is 2.39. The fourth-order valence-electron chi connectivity index (χ4n) is 5.21. The third-order valence-electron chi connectivity index (χ3n) is 6.93. The van der Waals surface area contributed by atoms with Gasteiger partial charge in [0, 0.05) is 30.8 Å². The monoisotopic (exact) mass is 437 g/mol. The molecule has 2 fully saturated rings. The molecule has 2 aromatic rings. The molecule has 172 valence electrons. The second-order valence-electron chi connectivity index (χ2n) is 9.04. The molecule has 1 N–H and O–H groups in total. The van der Waals surface area contributed by atoms with Crippen molar-refractivity contribution in [2.75, 3.05) is 27.3 Å². The topological polar surface area (TPSA) is 63.7 Å². The number of carbonyl (C=O) groups is 1. The Labute approximate surface area is 191 Å². The Kier molecular flexibility index (Phi) is 7.63. The van der Waals surface area contributed by atoms with E-state index in [1.165, 1.54) is 0 Å². The highest BCUT2D eigenvalue weighted by Crippen LogP contribution is 2.33. The zero-order valence-electron chi connectivity index (χ0n) is 19.3. The number of benzene rings is 1. The van der Waals surface area contributed by atoms with E-state index in [0.717, 1.165) is 80.9 Å². The number of aromatic nitrogens is 1. The molecular weight excluding hydrogens is 402 g/mol. The molecule has 1 saturated heterocycles. The van der Waals surface area contributed by atoms with Crippen molar-refractivity contribution in [2.45, 2.75) is 51.1 Å². The Hall–Kier alpha value is -2.60. The number of rotatable bonds is 8. The maximum atomic E-state index is 13.0. The van der Waals surface area contributed by atoms with Gasteiger partial charge in [-0.05, 0) is 68.5 Å². The van der Waals surface area contributed by atoms with Crippen molar-refractivity contribution < 1.29 is 14.3 Å². The fourth-order valence-corrected chi connectivity index (χ4v) is 5.21. The zero-order chi connectivity index (χ0) is 22.3. The van der Waals surface area contributed by atoms with Crippen LogP contribution in [-0.4, -0.2) is 43.1 Å². The van der Waals surface area contributed by atoms with Crippen molar-refractivity contribution in [1.29, 1.82) is 0 Å². The second kappa shape index (κ2) is 10.8. The van der Waals surface area contributed by atoms with E-state index in [9.17, 15) is 4.79 Å². The first-order valence-electron chi connectivity index (χ1n) is 11.8. The van der Waals surface area contributed by atoms with E-state index in [1.54, 1.807) is 14.2 Å². The largest absolute Gasteiger partial charge is 0.497 e. The highest BCUT2D eigenvalue weighted by Gasteiger charge is 2.33. The van der Waals surface area contributed by atoms with Crippen molar-refractivity contribution in [3.05, 3.63) is 53.9 Å². The Balaban J connectivity index is 1.50. The van der Waals surface area contributed by atoms with Crippen LogP contribution in [0.5, 0.6) is 11.5 Å². The maximum absolute atomic E-state index is 13.0. The van der Waals surface area contributed by atoms with Gasteiger partial charge in [0.25, 0.3) is 0 Å². The summed E-state index contributed by atoms with van der Waals surface area (Å²) in [6.45, 7) is 2.73. The molecular formula is C26H35N3O3. The number of amides is 1. The maximum Gasteiger partial charge on any atom is 0.223 e. The lowest BCUT2D eigenvalue weighted by molar-refractivity contribution is -0.126. The van der Waals surface area contributed by atoms with Crippen LogP contribution in [0.1, 0.15) is 55.8 Å². The Morgan fingerprint density at radius 2 is 1.97 bits per heavy atom. The van der Waals surface area contributed by atoms with Gasteiger partial charge in [-0.2, -0.15) is 0 Å². The van der Waals surface area contributed by atoms with E-state index in [1.807, 2.05) is 36.5 Å². The minimum atomic E-state index is -0.0562. The van der Waals surface area contributed by atoms with Gasteiger partial charge in [-0.15, -0.1) is 0 Å². The molecule has 2 aliphatic rings. The smallest absolute Gasteiger partial charge is 0.223 e. The number of ether oxygens (including phenoxy) is 2. The average molecular weight is 438 g/mol. The number of hydrogen-bond donors (Lipinski definition) is 1. The number of piperidine rings is 1. The molecule has 0 radical (unpaired) electrons. The Morgan fingerprint density at radius 3 is 2.69 bits per heavy atom. The van der Waals surface area contributed by atoms with Crippen LogP contribution < -0.4 is 14.8 Å². The summed E-state index contributed by atoms with van der Waals surface area (Å²) >= 11 is 0. The number of hydrogen-bond acceptors (Lipinski definition) is 5. The number of methoxy groups -OCH3 is 2. The van der Waals surface area contributed by atoms with Gasteiger partial charge in [0.2, 0.25) is 5.91 Å². The molecule has 2 heterocycles. The highest BCUT2D eigenvalue weighted by molar-refractivity contribution is 5.79. The van der Waals surface area contributed by atoms with Gasteiger partial charge in [-0.25, -0.2) is 0 Å². The zero-order valence-corrected chi connectivity index (χ0v) is 19.3. The van der Waals surface area contributed by atoms with Crippen molar-refractivity contribution >= 4 is 5.91 Å². The van der Waals surface area contributed by atoms with Crippen molar-refractivity contribution in [3.63, 3.8) is 0 Å². The van der Waals surface area contributed by atoms with Crippen LogP contribution in [0.15, 0.2) is 42.6 Å². The summed E-state index contributed by atoms with van der Waals surface area (Å²) in [7, 11) is 3.40. The molecule has 1 aliphatic heterocycles. The molecule has 1 aromatic heterocycles. The van der Waals surface area contributed by atoms with Crippen molar-refractivity contribution in [3.8, 4) is 11.5 Å². The van der Waals surface area contributed by atoms with E-state index < -0.39 is 0 Å². The van der Waals surface area contributed by atoms with E-state index in [2.05, 4.69) is 21.3 Å². The molecule has 1 aromatic carbocycles. The van der Waals surface area contributed by atoms with Gasteiger partial charge >= 0.3 is 0 Å². The molecule has 32 heavy (non-hydrogen) atoms. The van der Waals surface area contributed by atoms with Gasteiger partial charge in [0.05, 0.1) is 26.0 Å². The minimum Gasteiger partial charge on any atom is -0.497 e. The predicted octanol–water partition coefficient (Wildman–Crippen LogP) is 4.36. The number of pyridine rings is 1. The average Bonchev–Trinajstić information content (AvgIpc) is 3.38. The summed E-state index contributed by atoms with van der Waals surface area (Å²) in [6, 6.07) is 11.9. The normalized spacial score (nSPS) is 20.6. The molecule has 2 atom stereocenters. The van der Waals surface area contributed by atoms with E-state index in [4.69, 9.17) is 9.47 Å². The highest BCUT2D eigenvalue weighted by atomic mass is 16.5. The van der Waals surface area contributed by atoms with E-state index in [-0.39, 0.29) is 17.9 Å². The molecule has 6 heteroatoms. The van der Waals surface area contributed by atoms with Gasteiger partial charge in [0.1, 0.15) is 11.5 Å². The molecule has 1 aliphatic carbocycles. The van der Waals surface area contributed by atoms with Crippen LogP contribution >= 0.6 is 0 Å². The van der Waals surface area contributed by atoms with Crippen molar-refractivity contribution in [1.82, 2.24) is 15.2 Å². The quantitative estimate of drug-likeness (QED) is 0.665. The Bertz CT molecular complexity index is 883. The molecule has 1 amide bonds. The van der Waals surface area contributed by atoms with Crippen LogP contribution in [0.2, 0.25) is 0 Å². The molecule has 0 bridgehead atoms. The van der Waals surface area contributed by atoms with Gasteiger partial charge in [0.15, 0.2) is 0 Å². The molecule has 6 nitrogen and oxygen atoms in total. The van der Waals surface area contributed by atoms with Gasteiger partial charge in [-0.3, -0.25) is 14.7 Å². The lowest BCUT2D eigenvalue weighted by atomic mass is 9.87. The number of carbonyl (C=O) groups excluding carboxylic acids is 1. The Morgan fingerprint density at radius 1 is 1.12 bits per heavy atom. The van der Waals surface area contributed by atoms with E-state index >= 15 is 0 Å². The van der Waals surface area contributed by atoms with Crippen molar-refractivity contribution in [2.24, 2.45) is 11.8 Å². The molecule has 0 spiro atoms. The lowest BCUT2D eigenvalue weighted by Crippen LogP contribution is -2.44. The first kappa shape index (κ1) is 22.6. The van der Waals surface area contributed by atoms with Gasteiger partial charge < -0.3 is 14.8 Å². The summed E-state index contributed by atoms with van der Waals surface area (Å²) < 4.78 is 11.0. The predicted molar refractivity (Wildman–Crippen MR) is 125 cm³/mol. The number of nitrogens with one attached hydrogen (secondary N) is 1. The number of nitrogens with zero attached hydrogens (tertiary/aromatic N) is 2. The third kappa shape index (κ3) is 5.41. The standard InChI is InChI=1S/C26H35N3O3/c1-31-22-12-13-24(32-2)21(16-22)18-29-15-7-10-20(17-29)25(23-11-5-6-14-27-23)28-26(30)19-8-3-4-9-19/h5-6,11-14,16,19-20,25H,3-4,7-10,15,17-18H2,1-2H3,(H,28,30)/t20-,25+/m0/s1. The van der Waals surface area contributed by atoms with Crippen LogP contribution in [-0.2, 0) is 11.3 Å². The molecule has 1 saturated carbocycles. The molecule has 4 rings (SSSR count). The van der Waals surface area contributed by atoms with E-state index in [0.29, 0.717) is 5.92 Å². The first-order chi connectivity index (χ1) is 15.7. The SMILES string of the molecule is COc1ccc(OC)c(CN2CCC[C@H]([C@@H](NC(=O)C3CCCC3)c3ccccn3)C2)c1. The second-order valence-corrected chi connectivity index (χ2v) is 9.04. The minimum absolute atomic E-state index is 0.0562. The lowest BCUT2D eigenvalue weighted by Gasteiger charge is -2.37. The number of likely N-dealkylation sites (tertiary alicyclic amines) is 1. The van der Waals surface area contributed by atoms with Crippen LogP contribution in [0.3, 0.4) is 0 Å².